The normalized spacial score (nSPS) is 13.1. The van der Waals surface area contributed by atoms with Crippen LogP contribution in [0, 0.1) is 5.82 Å². The Balaban J connectivity index is 3.40. The highest BCUT2D eigenvalue weighted by Gasteiger charge is 2.30. The van der Waals surface area contributed by atoms with Crippen LogP contribution in [0.2, 0.25) is 5.02 Å². The highest BCUT2D eigenvalue weighted by molar-refractivity contribution is 7.92. The maximum absolute atomic E-state index is 13.1. The molecule has 5 nitrogen and oxygen atoms in total. The van der Waals surface area contributed by atoms with E-state index in [1.807, 2.05) is 0 Å². The quantitative estimate of drug-likeness (QED) is 0.895. The van der Waals surface area contributed by atoms with Gasteiger partial charge in [-0.1, -0.05) is 18.5 Å². The van der Waals surface area contributed by atoms with Crippen LogP contribution in [0.4, 0.5) is 10.1 Å². The minimum Gasteiger partial charge on any atom is -0.368 e. The van der Waals surface area contributed by atoms with E-state index in [4.69, 9.17) is 17.3 Å². The molecule has 0 aromatic heterocycles. The topological polar surface area (TPSA) is 80.5 Å². The molecule has 1 rings (SSSR count). The van der Waals surface area contributed by atoms with Crippen LogP contribution < -0.4 is 10.0 Å². The molecule has 2 N–H and O–H groups in total. The summed E-state index contributed by atoms with van der Waals surface area (Å²) in [4.78, 5) is 11.4. The molecule has 0 radical (unpaired) electrons. The average Bonchev–Trinajstić information content (AvgIpc) is 2.27. The number of benzene rings is 1. The molecule has 19 heavy (non-hydrogen) atoms. The van der Waals surface area contributed by atoms with E-state index in [0.717, 1.165) is 22.7 Å². The van der Waals surface area contributed by atoms with Crippen molar-refractivity contribution in [1.29, 1.82) is 0 Å². The smallest absolute Gasteiger partial charge is 0.241 e. The Morgan fingerprint density at radius 2 is 2.11 bits per heavy atom. The lowest BCUT2D eigenvalue weighted by Crippen LogP contribution is -2.47. The number of amides is 1. The molecule has 1 amide bonds. The number of carbonyl (C=O) groups excluding carboxylic acids is 1. The number of carbonyl (C=O) groups is 1. The zero-order valence-electron chi connectivity index (χ0n) is 10.4. The first-order chi connectivity index (χ1) is 8.68. The van der Waals surface area contributed by atoms with Gasteiger partial charge in [0.2, 0.25) is 15.9 Å². The lowest BCUT2D eigenvalue weighted by atomic mass is 10.2. The maximum atomic E-state index is 13.1. The van der Waals surface area contributed by atoms with Gasteiger partial charge in [0, 0.05) is 0 Å². The van der Waals surface area contributed by atoms with Gasteiger partial charge < -0.3 is 5.73 Å². The van der Waals surface area contributed by atoms with Crippen LogP contribution in [-0.2, 0) is 14.8 Å². The van der Waals surface area contributed by atoms with E-state index in [1.54, 1.807) is 6.92 Å². The molecule has 0 aliphatic carbocycles. The van der Waals surface area contributed by atoms with Gasteiger partial charge in [-0.15, -0.1) is 0 Å². The molecule has 0 aliphatic heterocycles. The van der Waals surface area contributed by atoms with Crippen molar-refractivity contribution in [2.75, 3.05) is 10.6 Å². The van der Waals surface area contributed by atoms with Crippen LogP contribution >= 0.6 is 11.6 Å². The third-order valence-electron chi connectivity index (χ3n) is 2.51. The predicted molar refractivity (Wildman–Crippen MR) is 72.0 cm³/mol. The first-order valence-corrected chi connectivity index (χ1v) is 7.65. The summed E-state index contributed by atoms with van der Waals surface area (Å²) in [5, 5.41) is -0.231. The molecule has 8 heteroatoms. The van der Waals surface area contributed by atoms with Crippen LogP contribution in [0.1, 0.15) is 13.3 Å². The molecule has 0 bridgehead atoms. The zero-order valence-corrected chi connectivity index (χ0v) is 12.0. The van der Waals surface area contributed by atoms with Crippen LogP contribution in [0.5, 0.6) is 0 Å². The second-order valence-electron chi connectivity index (χ2n) is 3.98. The second-order valence-corrected chi connectivity index (χ2v) is 6.25. The number of hydrogen-bond donors (Lipinski definition) is 1. The van der Waals surface area contributed by atoms with Gasteiger partial charge in [0.1, 0.15) is 11.9 Å². The molecule has 1 aromatic rings. The molecule has 1 aromatic carbocycles. The van der Waals surface area contributed by atoms with Gasteiger partial charge >= 0.3 is 0 Å². The molecule has 0 fully saturated rings. The molecule has 0 saturated heterocycles. The summed E-state index contributed by atoms with van der Waals surface area (Å²) in [7, 11) is -3.75. The fourth-order valence-electron chi connectivity index (χ4n) is 1.71. The Kier molecular flexibility index (Phi) is 4.75. The van der Waals surface area contributed by atoms with Gasteiger partial charge in [0.05, 0.1) is 17.0 Å². The molecule has 0 heterocycles. The molecule has 0 unspecified atom stereocenters. The summed E-state index contributed by atoms with van der Waals surface area (Å²) < 4.78 is 37.6. The molecule has 0 spiro atoms. The minimum atomic E-state index is -3.75. The summed E-state index contributed by atoms with van der Waals surface area (Å²) in [6.45, 7) is 1.62. The van der Waals surface area contributed by atoms with Gasteiger partial charge in [-0.05, 0) is 24.6 Å². The maximum Gasteiger partial charge on any atom is 0.241 e. The molecular formula is C11H14ClFN2O3S. The molecule has 1 atom stereocenters. The number of rotatable bonds is 5. The molecular weight excluding hydrogens is 295 g/mol. The first-order valence-electron chi connectivity index (χ1n) is 5.42. The highest BCUT2D eigenvalue weighted by atomic mass is 35.5. The van der Waals surface area contributed by atoms with Crippen molar-refractivity contribution in [2.24, 2.45) is 5.73 Å². The lowest BCUT2D eigenvalue weighted by Gasteiger charge is -2.28. The number of hydrogen-bond acceptors (Lipinski definition) is 3. The van der Waals surface area contributed by atoms with Gasteiger partial charge in [0.15, 0.2) is 0 Å². The average molecular weight is 309 g/mol. The number of halogens is 2. The Bertz CT molecular complexity index is 592. The molecule has 0 saturated carbocycles. The Morgan fingerprint density at radius 1 is 1.53 bits per heavy atom. The second kappa shape index (κ2) is 5.75. The van der Waals surface area contributed by atoms with E-state index in [1.165, 1.54) is 6.07 Å². The third kappa shape index (κ3) is 3.57. The van der Waals surface area contributed by atoms with Crippen LogP contribution in [0.3, 0.4) is 0 Å². The fraction of sp³-hybridized carbons (Fsp3) is 0.364. The van der Waals surface area contributed by atoms with Gasteiger partial charge in [0.25, 0.3) is 0 Å². The van der Waals surface area contributed by atoms with Gasteiger partial charge in [-0.3, -0.25) is 9.10 Å². The van der Waals surface area contributed by atoms with Crippen molar-refractivity contribution in [3.8, 4) is 0 Å². The first kappa shape index (κ1) is 15.7. The number of sulfonamides is 1. The van der Waals surface area contributed by atoms with E-state index >= 15 is 0 Å². The third-order valence-corrected chi connectivity index (χ3v) is 3.98. The van der Waals surface area contributed by atoms with Crippen molar-refractivity contribution >= 4 is 33.2 Å². The van der Waals surface area contributed by atoms with Crippen LogP contribution in [-0.4, -0.2) is 26.6 Å². The summed E-state index contributed by atoms with van der Waals surface area (Å²) >= 11 is 5.62. The minimum absolute atomic E-state index is 0.0968. The summed E-state index contributed by atoms with van der Waals surface area (Å²) in [5.74, 6) is -1.46. The van der Waals surface area contributed by atoms with Crippen molar-refractivity contribution in [3.05, 3.63) is 29.0 Å². The van der Waals surface area contributed by atoms with E-state index in [-0.39, 0.29) is 17.1 Å². The SMILES string of the molecule is CC[C@@H](C(N)=O)N(c1ccc(F)c(Cl)c1)S(C)(=O)=O. The lowest BCUT2D eigenvalue weighted by molar-refractivity contribution is -0.119. The van der Waals surface area contributed by atoms with Gasteiger partial charge in [-0.25, -0.2) is 12.8 Å². The Morgan fingerprint density at radius 3 is 2.47 bits per heavy atom. The van der Waals surface area contributed by atoms with Crippen molar-refractivity contribution in [1.82, 2.24) is 0 Å². The van der Waals surface area contributed by atoms with Crippen LogP contribution in [0.25, 0.3) is 0 Å². The summed E-state index contributed by atoms with van der Waals surface area (Å²) in [6.07, 6.45) is 1.13. The highest BCUT2D eigenvalue weighted by Crippen LogP contribution is 2.26. The zero-order chi connectivity index (χ0) is 14.8. The Labute approximate surface area is 116 Å². The number of primary amides is 1. The summed E-state index contributed by atoms with van der Waals surface area (Å²) in [6, 6.07) is 2.36. The van der Waals surface area contributed by atoms with E-state index in [2.05, 4.69) is 0 Å². The van der Waals surface area contributed by atoms with E-state index in [9.17, 15) is 17.6 Å². The van der Waals surface area contributed by atoms with Crippen molar-refractivity contribution in [3.63, 3.8) is 0 Å². The van der Waals surface area contributed by atoms with Crippen molar-refractivity contribution < 1.29 is 17.6 Å². The number of anilines is 1. The number of nitrogens with two attached hydrogens (primary N) is 1. The number of nitrogens with zero attached hydrogens (tertiary/aromatic N) is 1. The summed E-state index contributed by atoms with van der Waals surface area (Å²) in [5.41, 5.74) is 5.29. The largest absolute Gasteiger partial charge is 0.368 e. The van der Waals surface area contributed by atoms with E-state index in [0.29, 0.717) is 0 Å². The monoisotopic (exact) mass is 308 g/mol. The predicted octanol–water partition coefficient (Wildman–Crippen LogP) is 1.51. The van der Waals surface area contributed by atoms with Crippen molar-refractivity contribution in [2.45, 2.75) is 19.4 Å². The van der Waals surface area contributed by atoms with Gasteiger partial charge in [-0.2, -0.15) is 0 Å². The fourth-order valence-corrected chi connectivity index (χ4v) is 3.09. The van der Waals surface area contributed by atoms with Crippen LogP contribution in [0.15, 0.2) is 18.2 Å². The van der Waals surface area contributed by atoms with E-state index < -0.39 is 27.8 Å². The molecule has 106 valence electrons. The Hall–Kier alpha value is -1.34. The standard InChI is InChI=1S/C11H14ClFN2O3S/c1-3-10(11(14)16)15(19(2,17)18)7-4-5-9(13)8(12)6-7/h4-6,10H,3H2,1-2H3,(H2,14,16)/t10-/m0/s1. The molecule has 0 aliphatic rings.